The van der Waals surface area contributed by atoms with Crippen LogP contribution in [0.5, 0.6) is 0 Å². The van der Waals surface area contributed by atoms with Gasteiger partial charge in [-0.1, -0.05) is 17.7 Å². The zero-order valence-corrected chi connectivity index (χ0v) is 14.0. The lowest BCUT2D eigenvalue weighted by Crippen LogP contribution is -2.17. The summed E-state index contributed by atoms with van der Waals surface area (Å²) >= 11 is 1.72. The number of hydrogen-bond donors (Lipinski definition) is 1. The van der Waals surface area contributed by atoms with Crippen LogP contribution >= 0.6 is 11.3 Å². The number of nitrogens with zero attached hydrogens (tertiary/aromatic N) is 2. The Morgan fingerprint density at radius 3 is 2.86 bits per heavy atom. The molecular formula is C16H23N3OS. The van der Waals surface area contributed by atoms with E-state index in [1.165, 1.54) is 21.7 Å². The van der Waals surface area contributed by atoms with Crippen molar-refractivity contribution in [3.8, 4) is 0 Å². The number of methoxy groups -OCH3 is 1. The summed E-state index contributed by atoms with van der Waals surface area (Å²) in [4.78, 5) is 7.91. The summed E-state index contributed by atoms with van der Waals surface area (Å²) < 4.78 is 5.02. The highest BCUT2D eigenvalue weighted by atomic mass is 32.1. The van der Waals surface area contributed by atoms with Crippen LogP contribution in [0.25, 0.3) is 0 Å². The molecule has 0 bridgehead atoms. The molecule has 0 aliphatic rings. The summed E-state index contributed by atoms with van der Waals surface area (Å²) in [5.41, 5.74) is 3.76. The lowest BCUT2D eigenvalue weighted by atomic mass is 10.1. The molecule has 0 saturated heterocycles. The van der Waals surface area contributed by atoms with E-state index in [4.69, 9.17) is 4.74 Å². The minimum absolute atomic E-state index is 0.730. The molecule has 0 radical (unpaired) electrons. The third-order valence-corrected chi connectivity index (χ3v) is 4.40. The Labute approximate surface area is 130 Å². The highest BCUT2D eigenvalue weighted by molar-refractivity contribution is 7.15. The third kappa shape index (κ3) is 4.27. The molecule has 0 aliphatic carbocycles. The SMILES string of the molecule is COCCNCc1cnc(N(C)c2ccc(C)cc2C)s1. The Kier molecular flexibility index (Phi) is 5.73. The number of nitrogens with one attached hydrogen (secondary N) is 1. The van der Waals surface area contributed by atoms with Crippen LogP contribution in [0, 0.1) is 13.8 Å². The molecule has 0 fully saturated rings. The first-order valence-electron chi connectivity index (χ1n) is 7.07. The van der Waals surface area contributed by atoms with Gasteiger partial charge in [0.1, 0.15) is 0 Å². The van der Waals surface area contributed by atoms with E-state index in [1.54, 1.807) is 18.4 Å². The number of aryl methyl sites for hydroxylation is 2. The highest BCUT2D eigenvalue weighted by Gasteiger charge is 2.11. The topological polar surface area (TPSA) is 37.4 Å². The minimum Gasteiger partial charge on any atom is -0.383 e. The van der Waals surface area contributed by atoms with Crippen LogP contribution in [0.1, 0.15) is 16.0 Å². The second-order valence-corrected chi connectivity index (χ2v) is 6.22. The zero-order valence-electron chi connectivity index (χ0n) is 13.1. The summed E-state index contributed by atoms with van der Waals surface area (Å²) in [6, 6.07) is 6.49. The Balaban J connectivity index is 2.02. The molecular weight excluding hydrogens is 282 g/mol. The maximum absolute atomic E-state index is 5.02. The van der Waals surface area contributed by atoms with E-state index in [2.05, 4.69) is 54.3 Å². The van der Waals surface area contributed by atoms with Gasteiger partial charge in [0, 0.05) is 44.0 Å². The van der Waals surface area contributed by atoms with Crippen molar-refractivity contribution in [1.82, 2.24) is 10.3 Å². The second kappa shape index (κ2) is 7.54. The Morgan fingerprint density at radius 2 is 2.14 bits per heavy atom. The summed E-state index contributed by atoms with van der Waals surface area (Å²) in [5.74, 6) is 0. The van der Waals surface area contributed by atoms with Crippen molar-refractivity contribution in [2.75, 3.05) is 32.2 Å². The van der Waals surface area contributed by atoms with Gasteiger partial charge in [0.05, 0.1) is 6.61 Å². The smallest absolute Gasteiger partial charge is 0.189 e. The Hall–Kier alpha value is -1.43. The molecule has 2 rings (SSSR count). The first-order valence-corrected chi connectivity index (χ1v) is 7.89. The number of rotatable bonds is 7. The van der Waals surface area contributed by atoms with Crippen molar-refractivity contribution < 1.29 is 4.74 Å². The lowest BCUT2D eigenvalue weighted by molar-refractivity contribution is 0.199. The van der Waals surface area contributed by atoms with E-state index in [9.17, 15) is 0 Å². The van der Waals surface area contributed by atoms with Crippen molar-refractivity contribution in [1.29, 1.82) is 0 Å². The fraction of sp³-hybridized carbons (Fsp3) is 0.438. The molecule has 1 aromatic carbocycles. The van der Waals surface area contributed by atoms with E-state index >= 15 is 0 Å². The Bertz CT molecular complexity index is 583. The molecule has 0 unspecified atom stereocenters. The van der Waals surface area contributed by atoms with Gasteiger partial charge >= 0.3 is 0 Å². The highest BCUT2D eigenvalue weighted by Crippen LogP contribution is 2.30. The molecule has 0 atom stereocenters. The number of hydrogen-bond acceptors (Lipinski definition) is 5. The van der Waals surface area contributed by atoms with E-state index in [0.717, 1.165) is 24.8 Å². The van der Waals surface area contributed by atoms with Gasteiger partial charge in [0.15, 0.2) is 5.13 Å². The summed E-state index contributed by atoms with van der Waals surface area (Å²) in [6.07, 6.45) is 1.94. The zero-order chi connectivity index (χ0) is 15.2. The summed E-state index contributed by atoms with van der Waals surface area (Å²) in [6.45, 7) is 6.68. The number of thiazole rings is 1. The van der Waals surface area contributed by atoms with Gasteiger partial charge in [-0.05, 0) is 25.5 Å². The van der Waals surface area contributed by atoms with E-state index in [0.29, 0.717) is 0 Å². The fourth-order valence-corrected chi connectivity index (χ4v) is 3.06. The second-order valence-electron chi connectivity index (χ2n) is 5.13. The van der Waals surface area contributed by atoms with Crippen LogP contribution in [0.4, 0.5) is 10.8 Å². The maximum atomic E-state index is 5.02. The van der Waals surface area contributed by atoms with Crippen molar-refractivity contribution >= 4 is 22.2 Å². The van der Waals surface area contributed by atoms with Gasteiger partial charge in [0.25, 0.3) is 0 Å². The molecule has 0 aliphatic heterocycles. The van der Waals surface area contributed by atoms with Gasteiger partial charge in [-0.2, -0.15) is 0 Å². The molecule has 0 saturated carbocycles. The van der Waals surface area contributed by atoms with Crippen molar-refractivity contribution in [3.63, 3.8) is 0 Å². The number of ether oxygens (including phenoxy) is 1. The number of anilines is 2. The average molecular weight is 305 g/mol. The van der Waals surface area contributed by atoms with Crippen LogP contribution in [0.2, 0.25) is 0 Å². The molecule has 114 valence electrons. The summed E-state index contributed by atoms with van der Waals surface area (Å²) in [7, 11) is 3.78. The quantitative estimate of drug-likeness (QED) is 0.797. The molecule has 0 spiro atoms. The van der Waals surface area contributed by atoms with Gasteiger partial charge < -0.3 is 15.0 Å². The van der Waals surface area contributed by atoms with Crippen molar-refractivity contribution in [2.45, 2.75) is 20.4 Å². The summed E-state index contributed by atoms with van der Waals surface area (Å²) in [5, 5.41) is 4.36. The first-order chi connectivity index (χ1) is 10.1. The molecule has 2 aromatic rings. The molecule has 1 N–H and O–H groups in total. The van der Waals surface area contributed by atoms with Gasteiger partial charge in [-0.25, -0.2) is 4.98 Å². The molecule has 1 heterocycles. The third-order valence-electron chi connectivity index (χ3n) is 3.32. The molecule has 21 heavy (non-hydrogen) atoms. The van der Waals surface area contributed by atoms with Crippen LogP contribution in [0.15, 0.2) is 24.4 Å². The largest absolute Gasteiger partial charge is 0.383 e. The van der Waals surface area contributed by atoms with Crippen molar-refractivity contribution in [2.24, 2.45) is 0 Å². The minimum atomic E-state index is 0.730. The van der Waals surface area contributed by atoms with E-state index in [-0.39, 0.29) is 0 Å². The number of benzene rings is 1. The molecule has 0 amide bonds. The Morgan fingerprint density at radius 1 is 1.33 bits per heavy atom. The molecule has 4 nitrogen and oxygen atoms in total. The van der Waals surface area contributed by atoms with Gasteiger partial charge in [-0.3, -0.25) is 0 Å². The average Bonchev–Trinajstić information content (AvgIpc) is 2.92. The normalized spacial score (nSPS) is 10.9. The van der Waals surface area contributed by atoms with Crippen LogP contribution < -0.4 is 10.2 Å². The predicted octanol–water partition coefficient (Wildman–Crippen LogP) is 3.26. The predicted molar refractivity (Wildman–Crippen MR) is 89.7 cm³/mol. The van der Waals surface area contributed by atoms with Crippen LogP contribution in [0.3, 0.4) is 0 Å². The monoisotopic (exact) mass is 305 g/mol. The van der Waals surface area contributed by atoms with Gasteiger partial charge in [0.2, 0.25) is 0 Å². The number of aromatic nitrogens is 1. The van der Waals surface area contributed by atoms with E-state index < -0.39 is 0 Å². The van der Waals surface area contributed by atoms with Crippen LogP contribution in [-0.2, 0) is 11.3 Å². The fourth-order valence-electron chi connectivity index (χ4n) is 2.20. The van der Waals surface area contributed by atoms with E-state index in [1.807, 2.05) is 6.20 Å². The van der Waals surface area contributed by atoms with Crippen LogP contribution in [-0.4, -0.2) is 32.3 Å². The van der Waals surface area contributed by atoms with Crippen molar-refractivity contribution in [3.05, 3.63) is 40.4 Å². The van der Waals surface area contributed by atoms with Gasteiger partial charge in [-0.15, -0.1) is 11.3 Å². The molecule has 1 aromatic heterocycles. The lowest BCUT2D eigenvalue weighted by Gasteiger charge is -2.18. The standard InChI is InChI=1S/C16H23N3OS/c1-12-5-6-15(13(2)9-12)19(3)16-18-11-14(21-16)10-17-7-8-20-4/h5-6,9,11,17H,7-8,10H2,1-4H3. The first kappa shape index (κ1) is 15.9. The molecule has 5 heteroatoms. The maximum Gasteiger partial charge on any atom is 0.189 e.